The van der Waals surface area contributed by atoms with Crippen LogP contribution in [0.1, 0.15) is 78.9 Å². The van der Waals surface area contributed by atoms with Gasteiger partial charge in [-0.3, -0.25) is 9.08 Å². The Bertz CT molecular complexity index is 1610. The highest BCUT2D eigenvalue weighted by molar-refractivity contribution is 6.02. The van der Waals surface area contributed by atoms with Crippen LogP contribution in [0.4, 0.5) is 0 Å². The molecule has 4 aromatic heterocycles. The summed E-state index contributed by atoms with van der Waals surface area (Å²) >= 11 is 0. The molecular formula is C30H32N6O3. The maximum absolute atomic E-state index is 12.6. The minimum absolute atomic E-state index is 0.0374. The fraction of sp³-hybridized carbons (Fsp3) is 0.500. The third kappa shape index (κ3) is 3.62. The van der Waals surface area contributed by atoms with E-state index >= 15 is 0 Å². The minimum atomic E-state index is -1.03. The van der Waals surface area contributed by atoms with Crippen LogP contribution in [0.15, 0.2) is 30.7 Å². The Kier molecular flexibility index (Phi) is 4.83. The van der Waals surface area contributed by atoms with Gasteiger partial charge in [0.25, 0.3) is 0 Å². The van der Waals surface area contributed by atoms with Gasteiger partial charge in [0.1, 0.15) is 11.3 Å². The smallest absolute Gasteiger partial charge is 0.340 e. The Morgan fingerprint density at radius 1 is 1.05 bits per heavy atom. The van der Waals surface area contributed by atoms with E-state index in [1.807, 2.05) is 24.5 Å². The van der Waals surface area contributed by atoms with E-state index in [-0.39, 0.29) is 11.4 Å². The molecule has 0 saturated heterocycles. The topological polar surface area (TPSA) is 118 Å². The molecule has 39 heavy (non-hydrogen) atoms. The standard InChI is InChI=1S/C30H32N6O3/c1-16-23(13-32-36(16)15-30-10-17-6-18(11-30)8-19(7-17)12-30)21-4-5-35-25(14-31-27(35)26(21)29(38)39)24-9-22(20-2-3-20)28(37)34-33-24/h4-5,9,13-14,17-20H,2-3,6-8,10-12,15H2,1H3,(H,34,37)(H,38,39). The average molecular weight is 525 g/mol. The molecule has 4 aromatic rings. The van der Waals surface area contributed by atoms with Crippen molar-refractivity contribution in [3.05, 3.63) is 47.5 Å². The SMILES string of the molecule is Cc1c(-c2ccn3c(-c4cc(C5CC5)c(O)nn4)cnc3c2C(=O)O)cnn1CC12CC3CC(CC(C3)C1)C2. The fourth-order valence-electron chi connectivity index (χ4n) is 8.57. The molecule has 4 bridgehead atoms. The Morgan fingerprint density at radius 3 is 2.44 bits per heavy atom. The summed E-state index contributed by atoms with van der Waals surface area (Å²) in [6.45, 7) is 2.98. The van der Waals surface area contributed by atoms with Crippen LogP contribution in [0.25, 0.3) is 28.2 Å². The molecule has 0 unspecified atom stereocenters. The average Bonchev–Trinajstić information content (AvgIpc) is 3.56. The van der Waals surface area contributed by atoms with E-state index in [1.54, 1.807) is 10.6 Å². The van der Waals surface area contributed by atoms with Crippen molar-refractivity contribution < 1.29 is 15.0 Å². The summed E-state index contributed by atoms with van der Waals surface area (Å²) in [5.41, 5.74) is 5.29. The number of carboxylic acids is 1. The molecule has 5 aliphatic carbocycles. The summed E-state index contributed by atoms with van der Waals surface area (Å²) in [4.78, 5) is 17.1. The number of carbonyl (C=O) groups is 1. The van der Waals surface area contributed by atoms with Gasteiger partial charge in [0.15, 0.2) is 5.65 Å². The lowest BCUT2D eigenvalue weighted by atomic mass is 9.49. The highest BCUT2D eigenvalue weighted by Gasteiger charge is 2.51. The van der Waals surface area contributed by atoms with Gasteiger partial charge >= 0.3 is 5.97 Å². The first-order valence-electron chi connectivity index (χ1n) is 14.2. The van der Waals surface area contributed by atoms with Crippen molar-refractivity contribution in [1.82, 2.24) is 29.4 Å². The van der Waals surface area contributed by atoms with Crippen LogP contribution in [0.5, 0.6) is 5.88 Å². The second-order valence-corrected chi connectivity index (χ2v) is 12.7. The fourth-order valence-corrected chi connectivity index (χ4v) is 8.57. The highest BCUT2D eigenvalue weighted by Crippen LogP contribution is 2.60. The van der Waals surface area contributed by atoms with Crippen LogP contribution in [-0.4, -0.2) is 45.5 Å². The van der Waals surface area contributed by atoms with Crippen molar-refractivity contribution in [2.75, 3.05) is 0 Å². The molecule has 0 aromatic carbocycles. The molecule has 0 amide bonds. The lowest BCUT2D eigenvalue weighted by Gasteiger charge is -2.56. The Morgan fingerprint density at radius 2 is 1.77 bits per heavy atom. The summed E-state index contributed by atoms with van der Waals surface area (Å²) in [5, 5.41) is 33.4. The van der Waals surface area contributed by atoms with Crippen molar-refractivity contribution in [3.63, 3.8) is 0 Å². The van der Waals surface area contributed by atoms with Gasteiger partial charge in [-0.25, -0.2) is 9.78 Å². The molecule has 4 heterocycles. The van der Waals surface area contributed by atoms with Gasteiger partial charge < -0.3 is 10.2 Å². The van der Waals surface area contributed by atoms with Gasteiger partial charge in [-0.1, -0.05) is 0 Å². The normalized spacial score (nSPS) is 27.5. The number of aromatic hydroxyl groups is 1. The van der Waals surface area contributed by atoms with E-state index in [0.29, 0.717) is 33.9 Å². The molecule has 0 radical (unpaired) electrons. The number of aromatic nitrogens is 6. The predicted octanol–water partition coefficient (Wildman–Crippen LogP) is 5.46. The van der Waals surface area contributed by atoms with Crippen molar-refractivity contribution in [1.29, 1.82) is 0 Å². The van der Waals surface area contributed by atoms with Crippen LogP contribution in [0.2, 0.25) is 0 Å². The van der Waals surface area contributed by atoms with Crippen LogP contribution >= 0.6 is 0 Å². The number of fused-ring (bicyclic) bond motifs is 1. The molecule has 0 spiro atoms. The molecule has 5 fully saturated rings. The van der Waals surface area contributed by atoms with Crippen molar-refractivity contribution in [2.45, 2.75) is 70.8 Å². The van der Waals surface area contributed by atoms with E-state index in [4.69, 9.17) is 5.10 Å². The Labute approximate surface area is 225 Å². The molecule has 9 nitrogen and oxygen atoms in total. The molecule has 5 saturated carbocycles. The van der Waals surface area contributed by atoms with Crippen molar-refractivity contribution in [2.24, 2.45) is 23.2 Å². The first-order valence-corrected chi connectivity index (χ1v) is 14.2. The van der Waals surface area contributed by atoms with Gasteiger partial charge in [-0.15, -0.1) is 10.2 Å². The molecular weight excluding hydrogens is 492 g/mol. The summed E-state index contributed by atoms with van der Waals surface area (Å²) in [6.07, 6.45) is 15.5. The second-order valence-electron chi connectivity index (χ2n) is 12.7. The van der Waals surface area contributed by atoms with Crippen molar-refractivity contribution >= 4 is 11.6 Å². The molecule has 9 rings (SSSR count). The molecule has 5 aliphatic rings. The Hall–Kier alpha value is -3.75. The molecule has 200 valence electrons. The maximum atomic E-state index is 12.6. The van der Waals surface area contributed by atoms with Crippen molar-refractivity contribution in [3.8, 4) is 28.4 Å². The molecule has 0 aliphatic heterocycles. The number of nitrogens with zero attached hydrogens (tertiary/aromatic N) is 6. The molecule has 2 N–H and O–H groups in total. The minimum Gasteiger partial charge on any atom is -0.492 e. The zero-order valence-electron chi connectivity index (χ0n) is 22.0. The number of carboxylic acid groups (broad SMARTS) is 1. The first kappa shape index (κ1) is 23.2. The number of rotatable bonds is 6. The van der Waals surface area contributed by atoms with E-state index in [1.165, 1.54) is 38.5 Å². The quantitative estimate of drug-likeness (QED) is 0.344. The van der Waals surface area contributed by atoms with Crippen LogP contribution in [0, 0.1) is 30.1 Å². The molecule has 9 heteroatoms. The summed E-state index contributed by atoms with van der Waals surface area (Å²) in [6, 6.07) is 3.69. The summed E-state index contributed by atoms with van der Waals surface area (Å²) < 4.78 is 3.88. The second kappa shape index (κ2) is 8.13. The predicted molar refractivity (Wildman–Crippen MR) is 143 cm³/mol. The monoisotopic (exact) mass is 524 g/mol. The number of imidazole rings is 1. The number of pyridine rings is 1. The number of aromatic carboxylic acids is 1. The Balaban J connectivity index is 1.17. The van der Waals surface area contributed by atoms with Gasteiger partial charge in [0.05, 0.1) is 18.1 Å². The van der Waals surface area contributed by atoms with E-state index in [0.717, 1.165) is 54.0 Å². The van der Waals surface area contributed by atoms with Crippen LogP contribution in [0.3, 0.4) is 0 Å². The maximum Gasteiger partial charge on any atom is 0.340 e. The van der Waals surface area contributed by atoms with E-state index in [9.17, 15) is 15.0 Å². The van der Waals surface area contributed by atoms with Crippen LogP contribution < -0.4 is 0 Å². The van der Waals surface area contributed by atoms with E-state index in [2.05, 4.69) is 26.8 Å². The zero-order valence-corrected chi connectivity index (χ0v) is 22.0. The molecule has 0 atom stereocenters. The lowest BCUT2D eigenvalue weighted by molar-refractivity contribution is -0.0638. The highest BCUT2D eigenvalue weighted by atomic mass is 16.4. The summed E-state index contributed by atoms with van der Waals surface area (Å²) in [7, 11) is 0. The third-order valence-corrected chi connectivity index (χ3v) is 10.0. The zero-order chi connectivity index (χ0) is 26.5. The van der Waals surface area contributed by atoms with Gasteiger partial charge in [0.2, 0.25) is 5.88 Å². The number of hydrogen-bond donors (Lipinski definition) is 2. The van der Waals surface area contributed by atoms with Gasteiger partial charge in [-0.2, -0.15) is 5.10 Å². The van der Waals surface area contributed by atoms with Gasteiger partial charge in [-0.05, 0) is 99.5 Å². The number of hydrogen-bond acceptors (Lipinski definition) is 6. The first-order chi connectivity index (χ1) is 18.9. The lowest BCUT2D eigenvalue weighted by Crippen LogP contribution is -2.48. The van der Waals surface area contributed by atoms with Crippen LogP contribution in [-0.2, 0) is 6.54 Å². The summed E-state index contributed by atoms with van der Waals surface area (Å²) in [5.74, 6) is 1.86. The van der Waals surface area contributed by atoms with Gasteiger partial charge in [0, 0.05) is 35.1 Å². The largest absolute Gasteiger partial charge is 0.492 e. The van der Waals surface area contributed by atoms with E-state index < -0.39 is 5.97 Å². The third-order valence-electron chi connectivity index (χ3n) is 10.0.